The molecule has 3 N–H and O–H groups in total. The molecule has 30 heavy (non-hydrogen) atoms. The van der Waals surface area contributed by atoms with Crippen LogP contribution in [0, 0.1) is 6.92 Å². The Kier molecular flexibility index (Phi) is 7.77. The van der Waals surface area contributed by atoms with Gasteiger partial charge in [0, 0.05) is 45.1 Å². The van der Waals surface area contributed by atoms with Crippen LogP contribution in [0.15, 0.2) is 53.8 Å². The van der Waals surface area contributed by atoms with Crippen LogP contribution in [0.25, 0.3) is 11.0 Å². The molecule has 0 unspecified atom stereocenters. The number of aromatic nitrogens is 3. The summed E-state index contributed by atoms with van der Waals surface area (Å²) in [6.07, 6.45) is 4.11. The normalized spacial score (nSPS) is 11.5. The molecule has 2 aromatic heterocycles. The van der Waals surface area contributed by atoms with Gasteiger partial charge in [0.05, 0.1) is 16.6 Å². The number of hydrogen-bond acceptors (Lipinski definition) is 4. The average molecular weight is 408 g/mol. The number of nitrogens with zero attached hydrogens (tertiary/aromatic N) is 4. The molecule has 0 radical (unpaired) electrons. The molecule has 1 aromatic carbocycles. The van der Waals surface area contributed by atoms with Crippen molar-refractivity contribution in [1.82, 2.24) is 30.5 Å². The van der Waals surface area contributed by atoms with Crippen LogP contribution in [0.5, 0.6) is 0 Å². The Bertz CT molecular complexity index is 982. The van der Waals surface area contributed by atoms with Crippen LogP contribution >= 0.6 is 0 Å². The number of benzene rings is 1. The number of amides is 1. The second-order valence-corrected chi connectivity index (χ2v) is 6.84. The summed E-state index contributed by atoms with van der Waals surface area (Å²) in [4.78, 5) is 25.2. The third-order valence-electron chi connectivity index (χ3n) is 4.63. The highest BCUT2D eigenvalue weighted by molar-refractivity contribution is 5.93. The highest BCUT2D eigenvalue weighted by atomic mass is 16.1. The number of aliphatic imine (C=N–C) groups is 1. The molecule has 0 saturated carbocycles. The zero-order valence-electron chi connectivity index (χ0n) is 17.6. The zero-order valence-corrected chi connectivity index (χ0v) is 17.6. The fourth-order valence-electron chi connectivity index (χ4n) is 3.20. The number of guanidine groups is 1. The summed E-state index contributed by atoms with van der Waals surface area (Å²) >= 11 is 0. The van der Waals surface area contributed by atoms with Gasteiger partial charge in [-0.25, -0.2) is 4.98 Å². The number of imidazole rings is 1. The first kappa shape index (κ1) is 21.3. The predicted molar refractivity (Wildman–Crippen MR) is 120 cm³/mol. The average Bonchev–Trinajstić information content (AvgIpc) is 3.09. The van der Waals surface area contributed by atoms with Crippen LogP contribution in [-0.4, -0.2) is 52.6 Å². The highest BCUT2D eigenvalue weighted by Crippen LogP contribution is 2.15. The zero-order chi connectivity index (χ0) is 21.2. The van der Waals surface area contributed by atoms with Gasteiger partial charge in [-0.2, -0.15) is 0 Å². The van der Waals surface area contributed by atoms with Gasteiger partial charge in [0.15, 0.2) is 5.96 Å². The van der Waals surface area contributed by atoms with Crippen LogP contribution in [0.4, 0.5) is 0 Å². The van der Waals surface area contributed by atoms with Gasteiger partial charge in [0.2, 0.25) is 0 Å². The molecule has 0 atom stereocenters. The second-order valence-electron chi connectivity index (χ2n) is 6.84. The lowest BCUT2D eigenvalue weighted by molar-refractivity contribution is 0.0954. The molecule has 0 spiro atoms. The summed E-state index contributed by atoms with van der Waals surface area (Å²) in [5, 5.41) is 9.36. The Morgan fingerprint density at radius 2 is 1.93 bits per heavy atom. The van der Waals surface area contributed by atoms with E-state index in [4.69, 9.17) is 0 Å². The van der Waals surface area contributed by atoms with E-state index in [1.165, 1.54) is 0 Å². The Morgan fingerprint density at radius 3 is 2.73 bits per heavy atom. The molecule has 158 valence electrons. The van der Waals surface area contributed by atoms with E-state index < -0.39 is 0 Å². The molecule has 1 amide bonds. The van der Waals surface area contributed by atoms with Crippen molar-refractivity contribution in [1.29, 1.82) is 0 Å². The van der Waals surface area contributed by atoms with Gasteiger partial charge in [-0.1, -0.05) is 12.1 Å². The predicted octanol–water partition coefficient (Wildman–Crippen LogP) is 2.11. The number of aryl methyl sites for hydroxylation is 2. The number of hydrogen-bond donors (Lipinski definition) is 3. The van der Waals surface area contributed by atoms with Crippen LogP contribution in [0.3, 0.4) is 0 Å². The number of nitrogens with one attached hydrogen (secondary N) is 3. The van der Waals surface area contributed by atoms with E-state index in [1.54, 1.807) is 24.5 Å². The summed E-state index contributed by atoms with van der Waals surface area (Å²) in [5.41, 5.74) is 2.75. The van der Waals surface area contributed by atoms with Crippen molar-refractivity contribution in [2.45, 2.75) is 26.8 Å². The Balaban J connectivity index is 1.44. The molecule has 0 saturated heterocycles. The van der Waals surface area contributed by atoms with Crippen LogP contribution < -0.4 is 16.0 Å². The maximum absolute atomic E-state index is 12.0. The minimum Gasteiger partial charge on any atom is -0.357 e. The van der Waals surface area contributed by atoms with Gasteiger partial charge in [-0.05, 0) is 44.5 Å². The van der Waals surface area contributed by atoms with Crippen molar-refractivity contribution in [3.05, 3.63) is 60.2 Å². The van der Waals surface area contributed by atoms with Gasteiger partial charge < -0.3 is 20.5 Å². The van der Waals surface area contributed by atoms with E-state index >= 15 is 0 Å². The number of carbonyl (C=O) groups is 1. The van der Waals surface area contributed by atoms with Crippen molar-refractivity contribution >= 4 is 22.9 Å². The minimum absolute atomic E-state index is 0.130. The quantitative estimate of drug-likeness (QED) is 0.287. The minimum atomic E-state index is -0.130. The molecule has 8 nitrogen and oxygen atoms in total. The maximum Gasteiger partial charge on any atom is 0.252 e. The van der Waals surface area contributed by atoms with E-state index in [2.05, 4.69) is 41.5 Å². The number of carbonyl (C=O) groups excluding carboxylic acids is 1. The number of pyridine rings is 1. The molecule has 0 aliphatic carbocycles. The summed E-state index contributed by atoms with van der Waals surface area (Å²) < 4.78 is 2.24. The summed E-state index contributed by atoms with van der Waals surface area (Å²) in [7, 11) is 0. The first-order chi connectivity index (χ1) is 14.7. The largest absolute Gasteiger partial charge is 0.357 e. The molecular formula is C22H29N7O. The Labute approximate surface area is 176 Å². The fourth-order valence-corrected chi connectivity index (χ4v) is 3.20. The number of fused-ring (bicyclic) bond motifs is 1. The first-order valence-electron chi connectivity index (χ1n) is 10.3. The molecular weight excluding hydrogens is 378 g/mol. The van der Waals surface area contributed by atoms with Gasteiger partial charge >= 0.3 is 0 Å². The smallest absolute Gasteiger partial charge is 0.252 e. The maximum atomic E-state index is 12.0. The van der Waals surface area contributed by atoms with E-state index in [0.717, 1.165) is 42.3 Å². The third-order valence-corrected chi connectivity index (χ3v) is 4.63. The van der Waals surface area contributed by atoms with Gasteiger partial charge in [0.25, 0.3) is 5.91 Å². The van der Waals surface area contributed by atoms with Crippen molar-refractivity contribution < 1.29 is 4.79 Å². The molecule has 2 heterocycles. The fraction of sp³-hybridized carbons (Fsp3) is 0.364. The number of para-hydroxylation sites is 2. The molecule has 3 rings (SSSR count). The lowest BCUT2D eigenvalue weighted by Crippen LogP contribution is -2.41. The van der Waals surface area contributed by atoms with Crippen molar-refractivity contribution in [2.75, 3.05) is 26.2 Å². The van der Waals surface area contributed by atoms with Gasteiger partial charge in [-0.3, -0.25) is 14.8 Å². The highest BCUT2D eigenvalue weighted by Gasteiger charge is 2.06. The van der Waals surface area contributed by atoms with E-state index in [-0.39, 0.29) is 5.91 Å². The molecule has 0 bridgehead atoms. The standard InChI is InChI=1S/C22H29N7O/c1-3-24-22(27-14-13-25-21(30)18-8-6-11-23-16-18)26-12-7-15-29-17(2)28-19-9-4-5-10-20(19)29/h4-6,8-11,16H,3,7,12-15H2,1-2H3,(H,25,30)(H2,24,26,27). The number of rotatable bonds is 9. The summed E-state index contributed by atoms with van der Waals surface area (Å²) in [5.74, 6) is 1.64. The lowest BCUT2D eigenvalue weighted by Gasteiger charge is -2.12. The van der Waals surface area contributed by atoms with Crippen LogP contribution in [-0.2, 0) is 6.54 Å². The Hall–Kier alpha value is -3.42. The monoisotopic (exact) mass is 407 g/mol. The molecule has 0 aliphatic heterocycles. The van der Waals surface area contributed by atoms with Crippen LogP contribution in [0.1, 0.15) is 29.5 Å². The molecule has 0 aliphatic rings. The molecule has 3 aromatic rings. The lowest BCUT2D eigenvalue weighted by atomic mass is 10.3. The first-order valence-corrected chi connectivity index (χ1v) is 10.3. The van der Waals surface area contributed by atoms with Crippen molar-refractivity contribution in [2.24, 2.45) is 4.99 Å². The van der Waals surface area contributed by atoms with Crippen molar-refractivity contribution in [3.63, 3.8) is 0 Å². The van der Waals surface area contributed by atoms with E-state index in [9.17, 15) is 4.79 Å². The topological polar surface area (TPSA) is 96.2 Å². The molecule has 8 heteroatoms. The van der Waals surface area contributed by atoms with Crippen molar-refractivity contribution in [3.8, 4) is 0 Å². The van der Waals surface area contributed by atoms with Crippen LogP contribution in [0.2, 0.25) is 0 Å². The van der Waals surface area contributed by atoms with E-state index in [1.807, 2.05) is 32.0 Å². The Morgan fingerprint density at radius 1 is 1.10 bits per heavy atom. The second kappa shape index (κ2) is 10.9. The van der Waals surface area contributed by atoms with E-state index in [0.29, 0.717) is 25.2 Å². The van der Waals surface area contributed by atoms with Gasteiger partial charge in [0.1, 0.15) is 5.82 Å². The summed E-state index contributed by atoms with van der Waals surface area (Å²) in [6, 6.07) is 11.7. The van der Waals surface area contributed by atoms with Gasteiger partial charge in [-0.15, -0.1) is 0 Å². The SMILES string of the molecule is CCNC(=NCCCn1c(C)nc2ccccc21)NCCNC(=O)c1cccnc1. The third kappa shape index (κ3) is 5.79. The summed E-state index contributed by atoms with van der Waals surface area (Å²) in [6.45, 7) is 7.50. The molecule has 0 fully saturated rings.